The maximum absolute atomic E-state index is 13.0. The highest BCUT2D eigenvalue weighted by molar-refractivity contribution is 9.10. The van der Waals surface area contributed by atoms with Crippen LogP contribution in [-0.2, 0) is 4.79 Å². The van der Waals surface area contributed by atoms with Crippen molar-refractivity contribution >= 4 is 50.9 Å². The van der Waals surface area contributed by atoms with Gasteiger partial charge in [-0.1, -0.05) is 39.8 Å². The largest absolute Gasteiger partial charge is 0.496 e. The molecule has 1 fully saturated rings. The Hall–Kier alpha value is -3.90. The van der Waals surface area contributed by atoms with Gasteiger partial charge in [0.15, 0.2) is 0 Å². The highest BCUT2D eigenvalue weighted by Gasteiger charge is 2.24. The molecule has 1 aliphatic heterocycles. The van der Waals surface area contributed by atoms with Crippen molar-refractivity contribution in [1.29, 1.82) is 0 Å². The minimum Gasteiger partial charge on any atom is -0.496 e. The highest BCUT2D eigenvalue weighted by atomic mass is 79.9. The third-order valence-electron chi connectivity index (χ3n) is 6.26. The van der Waals surface area contributed by atoms with Gasteiger partial charge in [-0.15, -0.1) is 5.10 Å². The van der Waals surface area contributed by atoms with Gasteiger partial charge in [-0.2, -0.15) is 4.68 Å². The number of carbonyl (C=O) groups is 2. The fourth-order valence-corrected chi connectivity index (χ4v) is 5.21. The predicted molar refractivity (Wildman–Crippen MR) is 154 cm³/mol. The van der Waals surface area contributed by atoms with Crippen molar-refractivity contribution in [1.82, 2.24) is 25.1 Å². The quantitative estimate of drug-likeness (QED) is 0.298. The second-order valence-electron chi connectivity index (χ2n) is 8.71. The van der Waals surface area contributed by atoms with Gasteiger partial charge in [0.2, 0.25) is 11.1 Å². The lowest BCUT2D eigenvalue weighted by Crippen LogP contribution is -2.48. The van der Waals surface area contributed by atoms with E-state index in [1.54, 1.807) is 23.9 Å². The molecule has 0 spiro atoms. The molecule has 1 aromatic heterocycles. The summed E-state index contributed by atoms with van der Waals surface area (Å²) in [6.45, 7) is 2.67. The molecule has 12 heteroatoms. The lowest BCUT2D eigenvalue weighted by atomic mass is 10.1. The molecular weight excluding hydrogens is 582 g/mol. The van der Waals surface area contributed by atoms with E-state index in [1.165, 1.54) is 11.8 Å². The number of nitrogens with zero attached hydrogens (tertiary/aromatic N) is 6. The first-order valence-electron chi connectivity index (χ1n) is 12.3. The predicted octanol–water partition coefficient (Wildman–Crippen LogP) is 4.13. The molecule has 4 aromatic rings. The molecule has 2 amide bonds. The summed E-state index contributed by atoms with van der Waals surface area (Å²) in [6.07, 6.45) is 0. The van der Waals surface area contributed by atoms with Crippen molar-refractivity contribution in [2.45, 2.75) is 5.16 Å². The van der Waals surface area contributed by atoms with Gasteiger partial charge in [0.1, 0.15) is 5.75 Å². The van der Waals surface area contributed by atoms with Crippen LogP contribution in [0, 0.1) is 0 Å². The Morgan fingerprint density at radius 2 is 1.64 bits per heavy atom. The molecule has 0 radical (unpaired) electrons. The van der Waals surface area contributed by atoms with Crippen LogP contribution in [0.1, 0.15) is 10.4 Å². The van der Waals surface area contributed by atoms with E-state index >= 15 is 0 Å². The Morgan fingerprint density at radius 1 is 0.949 bits per heavy atom. The van der Waals surface area contributed by atoms with Crippen LogP contribution < -0.4 is 15.0 Å². The fraction of sp³-hybridized carbons (Fsp3) is 0.222. The van der Waals surface area contributed by atoms with E-state index in [9.17, 15) is 9.59 Å². The van der Waals surface area contributed by atoms with Gasteiger partial charge in [0.05, 0.1) is 24.1 Å². The third kappa shape index (κ3) is 6.40. The van der Waals surface area contributed by atoms with Crippen LogP contribution in [0.2, 0.25) is 0 Å². The van der Waals surface area contributed by atoms with Crippen molar-refractivity contribution in [3.05, 3.63) is 82.8 Å². The molecule has 200 valence electrons. The summed E-state index contributed by atoms with van der Waals surface area (Å²) < 4.78 is 7.91. The topological polar surface area (TPSA) is 105 Å². The molecule has 0 aliphatic carbocycles. The van der Waals surface area contributed by atoms with E-state index in [4.69, 9.17) is 4.74 Å². The number of carbonyl (C=O) groups excluding carboxylic acids is 2. The zero-order chi connectivity index (χ0) is 27.2. The molecule has 0 atom stereocenters. The summed E-state index contributed by atoms with van der Waals surface area (Å²) in [7, 11) is 1.57. The Bertz CT molecular complexity index is 1440. The minimum atomic E-state index is -0.151. The summed E-state index contributed by atoms with van der Waals surface area (Å²) >= 11 is 4.68. The van der Waals surface area contributed by atoms with Crippen LogP contribution in [0.5, 0.6) is 5.75 Å². The Labute approximate surface area is 238 Å². The highest BCUT2D eigenvalue weighted by Crippen LogP contribution is 2.24. The molecule has 2 heterocycles. The summed E-state index contributed by atoms with van der Waals surface area (Å²) in [5, 5.41) is 15.3. The summed E-state index contributed by atoms with van der Waals surface area (Å²) in [4.78, 5) is 29.6. The number of piperazine rings is 1. The van der Waals surface area contributed by atoms with Crippen LogP contribution in [0.25, 0.3) is 5.69 Å². The molecule has 1 saturated heterocycles. The van der Waals surface area contributed by atoms with Gasteiger partial charge in [-0.3, -0.25) is 9.59 Å². The number of thioether (sulfide) groups is 1. The van der Waals surface area contributed by atoms with Gasteiger partial charge < -0.3 is 19.9 Å². The molecule has 0 saturated carbocycles. The van der Waals surface area contributed by atoms with Crippen molar-refractivity contribution < 1.29 is 14.3 Å². The van der Waals surface area contributed by atoms with Crippen LogP contribution >= 0.6 is 27.7 Å². The van der Waals surface area contributed by atoms with Crippen molar-refractivity contribution in [2.75, 3.05) is 49.3 Å². The number of benzene rings is 3. The molecule has 1 N–H and O–H groups in total. The van der Waals surface area contributed by atoms with E-state index in [0.29, 0.717) is 35.2 Å². The molecule has 10 nitrogen and oxygen atoms in total. The number of rotatable bonds is 8. The van der Waals surface area contributed by atoms with E-state index in [1.807, 2.05) is 65.6 Å². The molecule has 3 aromatic carbocycles. The van der Waals surface area contributed by atoms with E-state index in [2.05, 4.69) is 41.7 Å². The first-order valence-corrected chi connectivity index (χ1v) is 14.0. The number of para-hydroxylation sites is 1. The van der Waals surface area contributed by atoms with Gasteiger partial charge in [-0.25, -0.2) is 0 Å². The number of hydrogen-bond donors (Lipinski definition) is 1. The average Bonchev–Trinajstić information content (AvgIpc) is 3.45. The number of halogens is 1. The maximum Gasteiger partial charge on any atom is 0.257 e. The number of hydrogen-bond acceptors (Lipinski definition) is 8. The number of amides is 2. The number of anilines is 2. The molecule has 0 unspecified atom stereocenters. The minimum absolute atomic E-state index is 0.0195. The lowest BCUT2D eigenvalue weighted by molar-refractivity contribution is -0.113. The monoisotopic (exact) mass is 607 g/mol. The van der Waals surface area contributed by atoms with E-state index in [0.717, 1.165) is 28.9 Å². The first kappa shape index (κ1) is 26.7. The Kier molecular flexibility index (Phi) is 8.42. The molecule has 5 rings (SSSR count). The SMILES string of the molecule is COc1ccccc1C(=O)N1CCN(c2ccc(NC(=O)CSc3nnnn3-c3ccc(Br)cc3)cc2)CC1. The number of tetrazole rings is 1. The first-order chi connectivity index (χ1) is 19.0. The second kappa shape index (κ2) is 12.3. The Morgan fingerprint density at radius 3 is 2.36 bits per heavy atom. The van der Waals surface area contributed by atoms with Crippen LogP contribution in [0.3, 0.4) is 0 Å². The summed E-state index contributed by atoms with van der Waals surface area (Å²) in [6, 6.07) is 22.6. The van der Waals surface area contributed by atoms with Gasteiger partial charge >= 0.3 is 0 Å². The zero-order valence-corrected chi connectivity index (χ0v) is 23.6. The van der Waals surface area contributed by atoms with Crippen LogP contribution in [-0.4, -0.2) is 76.0 Å². The fourth-order valence-electron chi connectivity index (χ4n) is 4.26. The second-order valence-corrected chi connectivity index (χ2v) is 10.6. The Balaban J connectivity index is 1.11. The summed E-state index contributed by atoms with van der Waals surface area (Å²) in [5.74, 6) is 0.584. The van der Waals surface area contributed by atoms with Crippen LogP contribution in [0.15, 0.2) is 82.4 Å². The molecule has 0 bridgehead atoms. The molecular formula is C27H26BrN7O3S. The number of aromatic nitrogens is 4. The van der Waals surface area contributed by atoms with Gasteiger partial charge in [-0.05, 0) is 71.1 Å². The third-order valence-corrected chi connectivity index (χ3v) is 7.71. The van der Waals surface area contributed by atoms with E-state index in [-0.39, 0.29) is 17.6 Å². The van der Waals surface area contributed by atoms with E-state index < -0.39 is 0 Å². The van der Waals surface area contributed by atoms with Crippen molar-refractivity contribution in [3.8, 4) is 11.4 Å². The number of methoxy groups -OCH3 is 1. The normalized spacial score (nSPS) is 13.3. The number of nitrogens with one attached hydrogen (secondary N) is 1. The smallest absolute Gasteiger partial charge is 0.257 e. The summed E-state index contributed by atoms with van der Waals surface area (Å²) in [5.41, 5.74) is 3.14. The van der Waals surface area contributed by atoms with Crippen molar-refractivity contribution in [2.24, 2.45) is 0 Å². The molecule has 39 heavy (non-hydrogen) atoms. The standard InChI is InChI=1S/C27H26BrN7O3S/c1-38-24-5-3-2-4-23(24)26(37)34-16-14-33(15-17-34)21-12-8-20(9-13-21)29-25(36)18-39-27-30-31-32-35(27)22-10-6-19(28)7-11-22/h2-13H,14-18H2,1H3,(H,29,36). The van der Waals surface area contributed by atoms with Crippen molar-refractivity contribution in [3.63, 3.8) is 0 Å². The van der Waals surface area contributed by atoms with Gasteiger partial charge in [0, 0.05) is 42.0 Å². The zero-order valence-electron chi connectivity index (χ0n) is 21.2. The average molecular weight is 609 g/mol. The lowest BCUT2D eigenvalue weighted by Gasteiger charge is -2.36. The number of ether oxygens (including phenoxy) is 1. The van der Waals surface area contributed by atoms with Gasteiger partial charge in [0.25, 0.3) is 5.91 Å². The molecule has 1 aliphatic rings. The maximum atomic E-state index is 13.0. The van der Waals surface area contributed by atoms with Crippen LogP contribution in [0.4, 0.5) is 11.4 Å².